The van der Waals surface area contributed by atoms with Gasteiger partial charge in [-0.25, -0.2) is 0 Å². The minimum absolute atomic E-state index is 0.0181. The number of carbonyl (C=O) groups is 2. The zero-order valence-electron chi connectivity index (χ0n) is 12.9. The first-order chi connectivity index (χ1) is 9.97. The number of rotatable bonds is 7. The summed E-state index contributed by atoms with van der Waals surface area (Å²) in [5.74, 6) is 0.142. The molecule has 21 heavy (non-hydrogen) atoms. The van der Waals surface area contributed by atoms with E-state index in [1.807, 2.05) is 19.1 Å². The van der Waals surface area contributed by atoms with Crippen LogP contribution in [0.5, 0.6) is 5.75 Å². The first-order valence-corrected chi connectivity index (χ1v) is 6.67. The van der Waals surface area contributed by atoms with E-state index in [0.717, 1.165) is 5.56 Å². The van der Waals surface area contributed by atoms with Gasteiger partial charge in [0.2, 0.25) is 11.8 Å². The van der Waals surface area contributed by atoms with Crippen molar-refractivity contribution in [3.63, 3.8) is 0 Å². The van der Waals surface area contributed by atoms with E-state index in [4.69, 9.17) is 9.47 Å². The van der Waals surface area contributed by atoms with Crippen molar-refractivity contribution < 1.29 is 19.1 Å². The molecule has 1 aromatic rings. The van der Waals surface area contributed by atoms with Crippen LogP contribution in [0.3, 0.4) is 0 Å². The van der Waals surface area contributed by atoms with Gasteiger partial charge in [-0.3, -0.25) is 9.59 Å². The average Bonchev–Trinajstić information content (AvgIpc) is 2.43. The second-order valence-electron chi connectivity index (χ2n) is 4.69. The number of nitrogens with zero attached hydrogens (tertiary/aromatic N) is 1. The van der Waals surface area contributed by atoms with Crippen LogP contribution in [0.4, 0.5) is 5.69 Å². The molecule has 0 unspecified atom stereocenters. The van der Waals surface area contributed by atoms with Crippen molar-refractivity contribution in [2.24, 2.45) is 0 Å². The van der Waals surface area contributed by atoms with Crippen LogP contribution in [0.1, 0.15) is 12.5 Å². The minimum Gasteiger partial charge on any atom is -0.495 e. The third kappa shape index (κ3) is 5.43. The SMILES string of the molecule is COCCN(CC(=O)Nc1cc(C)ccc1OC)C(C)=O. The highest BCUT2D eigenvalue weighted by molar-refractivity contribution is 5.95. The first-order valence-electron chi connectivity index (χ1n) is 6.67. The van der Waals surface area contributed by atoms with E-state index in [2.05, 4.69) is 5.32 Å². The van der Waals surface area contributed by atoms with E-state index in [1.54, 1.807) is 20.3 Å². The molecule has 0 aromatic heterocycles. The highest BCUT2D eigenvalue weighted by atomic mass is 16.5. The molecule has 0 fully saturated rings. The molecule has 1 rings (SSSR count). The summed E-state index contributed by atoms with van der Waals surface area (Å²) in [5, 5.41) is 2.77. The predicted octanol–water partition coefficient (Wildman–Crippen LogP) is 1.44. The lowest BCUT2D eigenvalue weighted by molar-refractivity contribution is -0.133. The molecule has 0 radical (unpaired) electrons. The average molecular weight is 294 g/mol. The minimum atomic E-state index is -0.273. The third-order valence-electron chi connectivity index (χ3n) is 2.97. The third-order valence-corrected chi connectivity index (χ3v) is 2.97. The number of aryl methyl sites for hydroxylation is 1. The molecule has 0 aliphatic heterocycles. The summed E-state index contributed by atoms with van der Waals surface area (Å²) < 4.78 is 10.1. The lowest BCUT2D eigenvalue weighted by Crippen LogP contribution is -2.38. The highest BCUT2D eigenvalue weighted by Gasteiger charge is 2.14. The number of hydrogen-bond donors (Lipinski definition) is 1. The molecule has 6 nitrogen and oxygen atoms in total. The molecule has 2 amide bonds. The van der Waals surface area contributed by atoms with E-state index in [0.29, 0.717) is 24.6 Å². The largest absolute Gasteiger partial charge is 0.495 e. The Bertz CT molecular complexity index is 502. The monoisotopic (exact) mass is 294 g/mol. The molecule has 0 aliphatic rings. The number of ether oxygens (including phenoxy) is 2. The van der Waals surface area contributed by atoms with Gasteiger partial charge in [-0.05, 0) is 24.6 Å². The van der Waals surface area contributed by atoms with Crippen LogP contribution in [-0.4, -0.2) is 50.6 Å². The van der Waals surface area contributed by atoms with Crippen LogP contribution in [-0.2, 0) is 14.3 Å². The van der Waals surface area contributed by atoms with Crippen molar-refractivity contribution in [3.8, 4) is 5.75 Å². The van der Waals surface area contributed by atoms with Gasteiger partial charge < -0.3 is 19.7 Å². The van der Waals surface area contributed by atoms with E-state index >= 15 is 0 Å². The molecule has 116 valence electrons. The standard InChI is InChI=1S/C15H22N2O4/c1-11-5-6-14(21-4)13(9-11)16-15(19)10-17(12(2)18)7-8-20-3/h5-6,9H,7-8,10H2,1-4H3,(H,16,19). The van der Waals surface area contributed by atoms with E-state index in [-0.39, 0.29) is 18.4 Å². The van der Waals surface area contributed by atoms with E-state index < -0.39 is 0 Å². The van der Waals surface area contributed by atoms with Gasteiger partial charge in [0, 0.05) is 20.6 Å². The molecule has 6 heteroatoms. The number of amides is 2. The number of methoxy groups -OCH3 is 2. The summed E-state index contributed by atoms with van der Waals surface area (Å²) in [6, 6.07) is 5.51. The van der Waals surface area contributed by atoms with E-state index in [9.17, 15) is 9.59 Å². The summed E-state index contributed by atoms with van der Waals surface area (Å²) in [5.41, 5.74) is 1.60. The number of anilines is 1. The van der Waals surface area contributed by atoms with Crippen molar-refractivity contribution in [2.45, 2.75) is 13.8 Å². The zero-order valence-corrected chi connectivity index (χ0v) is 12.9. The summed E-state index contributed by atoms with van der Waals surface area (Å²) in [4.78, 5) is 25.0. The Morgan fingerprint density at radius 2 is 2.00 bits per heavy atom. The van der Waals surface area contributed by atoms with Crippen molar-refractivity contribution in [2.75, 3.05) is 39.2 Å². The molecule has 0 saturated heterocycles. The Kier molecular flexibility index (Phi) is 6.68. The van der Waals surface area contributed by atoms with Crippen molar-refractivity contribution in [1.82, 2.24) is 4.90 Å². The molecule has 0 spiro atoms. The molecule has 0 saturated carbocycles. The Hall–Kier alpha value is -2.08. The van der Waals surface area contributed by atoms with Gasteiger partial charge in [0.05, 0.1) is 25.9 Å². The van der Waals surface area contributed by atoms with Gasteiger partial charge in [-0.15, -0.1) is 0 Å². The van der Waals surface area contributed by atoms with Gasteiger partial charge in [0.15, 0.2) is 0 Å². The van der Waals surface area contributed by atoms with Crippen LogP contribution < -0.4 is 10.1 Å². The summed E-state index contributed by atoms with van der Waals surface area (Å²) >= 11 is 0. The molecule has 0 aliphatic carbocycles. The molecule has 0 bridgehead atoms. The first kappa shape index (κ1) is 17.0. The number of hydrogen-bond acceptors (Lipinski definition) is 4. The Labute approximate surface area is 125 Å². The second kappa shape index (κ2) is 8.26. The second-order valence-corrected chi connectivity index (χ2v) is 4.69. The number of benzene rings is 1. The molecule has 1 N–H and O–H groups in total. The van der Waals surface area contributed by atoms with Gasteiger partial charge in [0.1, 0.15) is 5.75 Å². The quantitative estimate of drug-likeness (QED) is 0.826. The molecule has 0 atom stereocenters. The smallest absolute Gasteiger partial charge is 0.244 e. The maximum atomic E-state index is 12.1. The topological polar surface area (TPSA) is 67.9 Å². The molecule has 1 aromatic carbocycles. The van der Waals surface area contributed by atoms with Crippen molar-refractivity contribution in [1.29, 1.82) is 0 Å². The molecular formula is C15H22N2O4. The molecular weight excluding hydrogens is 272 g/mol. The summed E-state index contributed by atoms with van der Waals surface area (Å²) in [6.45, 7) is 4.10. The van der Waals surface area contributed by atoms with Crippen LogP contribution in [0, 0.1) is 6.92 Å². The van der Waals surface area contributed by atoms with Crippen LogP contribution in [0.2, 0.25) is 0 Å². The maximum absolute atomic E-state index is 12.1. The summed E-state index contributed by atoms with van der Waals surface area (Å²) in [6.07, 6.45) is 0. The zero-order chi connectivity index (χ0) is 15.8. The highest BCUT2D eigenvalue weighted by Crippen LogP contribution is 2.25. The van der Waals surface area contributed by atoms with Gasteiger partial charge in [-0.2, -0.15) is 0 Å². The normalized spacial score (nSPS) is 10.1. The fourth-order valence-electron chi connectivity index (χ4n) is 1.83. The van der Waals surface area contributed by atoms with Gasteiger partial charge in [-0.1, -0.05) is 6.07 Å². The molecule has 0 heterocycles. The number of nitrogens with one attached hydrogen (secondary N) is 1. The lowest BCUT2D eigenvalue weighted by atomic mass is 10.2. The van der Waals surface area contributed by atoms with Crippen molar-refractivity contribution >= 4 is 17.5 Å². The van der Waals surface area contributed by atoms with Crippen LogP contribution in [0.25, 0.3) is 0 Å². The Morgan fingerprint density at radius 1 is 1.29 bits per heavy atom. The Morgan fingerprint density at radius 3 is 2.57 bits per heavy atom. The van der Waals surface area contributed by atoms with E-state index in [1.165, 1.54) is 11.8 Å². The fourth-order valence-corrected chi connectivity index (χ4v) is 1.83. The van der Waals surface area contributed by atoms with Gasteiger partial charge in [0.25, 0.3) is 0 Å². The van der Waals surface area contributed by atoms with Crippen molar-refractivity contribution in [3.05, 3.63) is 23.8 Å². The van der Waals surface area contributed by atoms with Gasteiger partial charge >= 0.3 is 0 Å². The number of carbonyl (C=O) groups excluding carboxylic acids is 2. The lowest BCUT2D eigenvalue weighted by Gasteiger charge is -2.20. The summed E-state index contributed by atoms with van der Waals surface area (Å²) in [7, 11) is 3.09. The van der Waals surface area contributed by atoms with Crippen LogP contribution in [0.15, 0.2) is 18.2 Å². The van der Waals surface area contributed by atoms with Crippen LogP contribution >= 0.6 is 0 Å². The predicted molar refractivity (Wildman–Crippen MR) is 80.5 cm³/mol. The Balaban J connectivity index is 2.71. The maximum Gasteiger partial charge on any atom is 0.244 e. The fraction of sp³-hybridized carbons (Fsp3) is 0.467.